The second-order valence-electron chi connectivity index (χ2n) is 5.20. The zero-order chi connectivity index (χ0) is 17.8. The zero-order valence-electron chi connectivity index (χ0n) is 12.8. The van der Waals surface area contributed by atoms with E-state index in [4.69, 9.17) is 5.26 Å². The highest BCUT2D eigenvalue weighted by atomic mass is 19.1. The van der Waals surface area contributed by atoms with E-state index in [1.165, 1.54) is 30.5 Å². The molecule has 1 heterocycles. The molecule has 0 spiro atoms. The van der Waals surface area contributed by atoms with Crippen LogP contribution >= 0.6 is 0 Å². The summed E-state index contributed by atoms with van der Waals surface area (Å²) >= 11 is 0. The molecule has 3 aromatic rings. The average molecular weight is 335 g/mol. The smallest absolute Gasteiger partial charge is 0.258 e. The first kappa shape index (κ1) is 16.3. The summed E-state index contributed by atoms with van der Waals surface area (Å²) in [6.07, 6.45) is 1.48. The number of carbonyl (C=O) groups excluding carboxylic acids is 1. The van der Waals surface area contributed by atoms with Crippen LogP contribution in [0.5, 0.6) is 0 Å². The summed E-state index contributed by atoms with van der Waals surface area (Å²) in [5, 5.41) is 11.4. The minimum Gasteiger partial charge on any atom is -0.322 e. The van der Waals surface area contributed by atoms with Gasteiger partial charge in [-0.15, -0.1) is 0 Å². The molecule has 6 heteroatoms. The number of hydrogen-bond donors (Lipinski definition) is 1. The standard InChI is InChI=1S/C19H11F2N3O/c20-14-4-2-13(3-5-14)18-10-15(7-8-23-18)24-19(25)16-9-12(11-22)1-6-17(16)21/h1-10H,(H,23,24,25). The molecular formula is C19H11F2N3O. The number of amides is 1. The molecule has 3 rings (SSSR count). The molecular weight excluding hydrogens is 324 g/mol. The maximum Gasteiger partial charge on any atom is 0.258 e. The second-order valence-corrected chi connectivity index (χ2v) is 5.20. The number of nitrogens with one attached hydrogen (secondary N) is 1. The molecule has 2 aromatic carbocycles. The summed E-state index contributed by atoms with van der Waals surface area (Å²) in [5.41, 5.74) is 1.58. The molecule has 0 atom stereocenters. The van der Waals surface area contributed by atoms with E-state index in [1.54, 1.807) is 24.3 Å². The highest BCUT2D eigenvalue weighted by Gasteiger charge is 2.13. The number of hydrogen-bond acceptors (Lipinski definition) is 3. The zero-order valence-corrected chi connectivity index (χ0v) is 12.8. The molecule has 0 fully saturated rings. The van der Waals surface area contributed by atoms with Crippen LogP contribution < -0.4 is 5.32 Å². The maximum atomic E-state index is 13.8. The molecule has 0 aliphatic rings. The number of anilines is 1. The molecule has 0 aliphatic heterocycles. The van der Waals surface area contributed by atoms with Crippen LogP contribution in [-0.4, -0.2) is 10.9 Å². The summed E-state index contributed by atoms with van der Waals surface area (Å²) in [6, 6.07) is 14.3. The van der Waals surface area contributed by atoms with Gasteiger partial charge < -0.3 is 5.32 Å². The van der Waals surface area contributed by atoms with Crippen molar-refractivity contribution in [3.63, 3.8) is 0 Å². The second kappa shape index (κ2) is 6.89. The fraction of sp³-hybridized carbons (Fsp3) is 0. The van der Waals surface area contributed by atoms with Crippen LogP contribution in [0.25, 0.3) is 11.3 Å². The Morgan fingerprint density at radius 1 is 1.04 bits per heavy atom. The summed E-state index contributed by atoms with van der Waals surface area (Å²) < 4.78 is 26.8. The summed E-state index contributed by atoms with van der Waals surface area (Å²) in [6.45, 7) is 0. The van der Waals surface area contributed by atoms with E-state index >= 15 is 0 Å². The van der Waals surface area contributed by atoms with Crippen molar-refractivity contribution in [1.82, 2.24) is 4.98 Å². The lowest BCUT2D eigenvalue weighted by molar-refractivity contribution is 0.102. The number of halogens is 2. The Labute approximate surface area is 142 Å². The van der Waals surface area contributed by atoms with Gasteiger partial charge >= 0.3 is 0 Å². The van der Waals surface area contributed by atoms with Crippen molar-refractivity contribution in [2.75, 3.05) is 5.32 Å². The Morgan fingerprint density at radius 2 is 1.80 bits per heavy atom. The fourth-order valence-electron chi connectivity index (χ4n) is 2.25. The average Bonchev–Trinajstić information content (AvgIpc) is 2.63. The Kier molecular flexibility index (Phi) is 4.48. The van der Waals surface area contributed by atoms with Gasteiger partial charge in [0.15, 0.2) is 0 Å². The Morgan fingerprint density at radius 3 is 2.52 bits per heavy atom. The lowest BCUT2D eigenvalue weighted by atomic mass is 10.1. The van der Waals surface area contributed by atoms with E-state index < -0.39 is 11.7 Å². The van der Waals surface area contributed by atoms with Gasteiger partial charge in [-0.1, -0.05) is 0 Å². The summed E-state index contributed by atoms with van der Waals surface area (Å²) in [5.74, 6) is -1.75. The number of aromatic nitrogens is 1. The van der Waals surface area contributed by atoms with E-state index in [2.05, 4.69) is 10.3 Å². The lowest BCUT2D eigenvalue weighted by Gasteiger charge is -2.08. The third-order valence-electron chi connectivity index (χ3n) is 3.50. The van der Waals surface area contributed by atoms with Crippen LogP contribution in [0, 0.1) is 23.0 Å². The monoisotopic (exact) mass is 335 g/mol. The highest BCUT2D eigenvalue weighted by Crippen LogP contribution is 2.21. The van der Waals surface area contributed by atoms with Crippen molar-refractivity contribution in [3.05, 3.63) is 83.6 Å². The molecule has 25 heavy (non-hydrogen) atoms. The van der Waals surface area contributed by atoms with Gasteiger partial charge in [0.1, 0.15) is 11.6 Å². The summed E-state index contributed by atoms with van der Waals surface area (Å²) in [4.78, 5) is 16.4. The topological polar surface area (TPSA) is 65.8 Å². The minimum absolute atomic E-state index is 0.188. The quantitative estimate of drug-likeness (QED) is 0.782. The third-order valence-corrected chi connectivity index (χ3v) is 3.50. The molecule has 0 saturated carbocycles. The van der Waals surface area contributed by atoms with Gasteiger partial charge in [0.05, 0.1) is 22.9 Å². The van der Waals surface area contributed by atoms with Crippen LogP contribution in [-0.2, 0) is 0 Å². The van der Waals surface area contributed by atoms with Gasteiger partial charge in [-0.2, -0.15) is 5.26 Å². The van der Waals surface area contributed by atoms with Gasteiger partial charge in [0.2, 0.25) is 0 Å². The molecule has 0 unspecified atom stereocenters. The number of nitrogens with zero attached hydrogens (tertiary/aromatic N) is 2. The summed E-state index contributed by atoms with van der Waals surface area (Å²) in [7, 11) is 0. The molecule has 1 amide bonds. The molecule has 1 aromatic heterocycles. The lowest BCUT2D eigenvalue weighted by Crippen LogP contribution is -2.14. The van der Waals surface area contributed by atoms with E-state index in [9.17, 15) is 13.6 Å². The van der Waals surface area contributed by atoms with Crippen LogP contribution in [0.4, 0.5) is 14.5 Å². The Balaban J connectivity index is 1.86. The van der Waals surface area contributed by atoms with E-state index in [0.29, 0.717) is 16.9 Å². The van der Waals surface area contributed by atoms with Crippen LogP contribution in [0.15, 0.2) is 60.8 Å². The first-order valence-electron chi connectivity index (χ1n) is 7.30. The van der Waals surface area contributed by atoms with Crippen LogP contribution in [0.2, 0.25) is 0 Å². The number of nitriles is 1. The third kappa shape index (κ3) is 3.67. The minimum atomic E-state index is -0.718. The molecule has 0 bridgehead atoms. The first-order chi connectivity index (χ1) is 12.1. The maximum absolute atomic E-state index is 13.8. The van der Waals surface area contributed by atoms with Crippen molar-refractivity contribution < 1.29 is 13.6 Å². The van der Waals surface area contributed by atoms with Crippen LogP contribution in [0.1, 0.15) is 15.9 Å². The molecule has 0 saturated heterocycles. The van der Waals surface area contributed by atoms with Gasteiger partial charge in [-0.05, 0) is 54.6 Å². The molecule has 122 valence electrons. The number of pyridine rings is 1. The molecule has 0 radical (unpaired) electrons. The predicted molar refractivity (Wildman–Crippen MR) is 88.7 cm³/mol. The van der Waals surface area contributed by atoms with Crippen molar-refractivity contribution in [3.8, 4) is 17.3 Å². The number of carbonyl (C=O) groups is 1. The van der Waals surface area contributed by atoms with Gasteiger partial charge in [0.25, 0.3) is 5.91 Å². The fourth-order valence-corrected chi connectivity index (χ4v) is 2.25. The number of benzene rings is 2. The van der Waals surface area contributed by atoms with Gasteiger partial charge in [-0.25, -0.2) is 8.78 Å². The highest BCUT2D eigenvalue weighted by molar-refractivity contribution is 6.04. The van der Waals surface area contributed by atoms with Crippen molar-refractivity contribution in [2.24, 2.45) is 0 Å². The molecule has 0 aliphatic carbocycles. The van der Waals surface area contributed by atoms with E-state index in [0.717, 1.165) is 6.07 Å². The largest absolute Gasteiger partial charge is 0.322 e. The van der Waals surface area contributed by atoms with Gasteiger partial charge in [0, 0.05) is 17.4 Å². The SMILES string of the molecule is N#Cc1ccc(F)c(C(=O)Nc2ccnc(-c3ccc(F)cc3)c2)c1. The normalized spacial score (nSPS) is 10.1. The van der Waals surface area contributed by atoms with Crippen molar-refractivity contribution >= 4 is 11.6 Å². The Hall–Kier alpha value is -3.59. The van der Waals surface area contributed by atoms with Gasteiger partial charge in [-0.3, -0.25) is 9.78 Å². The van der Waals surface area contributed by atoms with E-state index in [1.807, 2.05) is 6.07 Å². The Bertz CT molecular complexity index is 979. The predicted octanol–water partition coefficient (Wildman–Crippen LogP) is 4.15. The van der Waals surface area contributed by atoms with Crippen LogP contribution in [0.3, 0.4) is 0 Å². The molecule has 1 N–H and O–H groups in total. The number of rotatable bonds is 3. The van der Waals surface area contributed by atoms with Crippen molar-refractivity contribution in [1.29, 1.82) is 5.26 Å². The molecule has 4 nitrogen and oxygen atoms in total. The first-order valence-corrected chi connectivity index (χ1v) is 7.30. The van der Waals surface area contributed by atoms with Crippen molar-refractivity contribution in [2.45, 2.75) is 0 Å². The van der Waals surface area contributed by atoms with E-state index in [-0.39, 0.29) is 16.9 Å².